The summed E-state index contributed by atoms with van der Waals surface area (Å²) >= 11 is 0. The van der Waals surface area contributed by atoms with Crippen molar-refractivity contribution in [3.8, 4) is 0 Å². The van der Waals surface area contributed by atoms with Crippen LogP contribution in [0.25, 0.3) is 0 Å². The Kier molecular flexibility index (Phi) is 18.3. The third-order valence-electron chi connectivity index (χ3n) is 5.04. The van der Waals surface area contributed by atoms with E-state index in [4.69, 9.17) is 5.73 Å². The molecule has 3 heteroatoms. The van der Waals surface area contributed by atoms with Crippen LogP contribution < -0.4 is 5.73 Å². The van der Waals surface area contributed by atoms with Crippen LogP contribution in [-0.4, -0.2) is 30.4 Å². The number of primary amides is 1. The normalized spacial score (nSPS) is 11.3. The highest BCUT2D eigenvalue weighted by Gasteiger charge is 1.98. The molecule has 0 spiro atoms. The molecule has 0 aromatic heterocycles. The van der Waals surface area contributed by atoms with Gasteiger partial charge in [0, 0.05) is 6.42 Å². The minimum absolute atomic E-state index is 0.154. The quantitative estimate of drug-likeness (QED) is 0.308. The summed E-state index contributed by atoms with van der Waals surface area (Å²) in [5.74, 6) is -0.154. The number of unbranched alkanes of at least 4 members (excludes halogenated alkanes) is 13. The first kappa shape index (κ1) is 23.4. The minimum atomic E-state index is -0.154. The Hall–Kier alpha value is -0.570. The van der Waals surface area contributed by atoms with Crippen molar-refractivity contribution in [1.82, 2.24) is 4.90 Å². The average molecular weight is 341 g/mol. The van der Waals surface area contributed by atoms with Crippen LogP contribution in [0.15, 0.2) is 0 Å². The Morgan fingerprint density at radius 1 is 0.625 bits per heavy atom. The molecule has 0 aliphatic heterocycles. The van der Waals surface area contributed by atoms with Crippen molar-refractivity contribution in [2.45, 2.75) is 110 Å². The largest absolute Gasteiger partial charge is 0.370 e. The number of hydrogen-bond donors (Lipinski definition) is 1. The number of nitrogens with two attached hydrogens (primary N) is 1. The van der Waals surface area contributed by atoms with Crippen molar-refractivity contribution < 1.29 is 4.79 Å². The fraction of sp³-hybridized carbons (Fsp3) is 0.952. The molecule has 0 unspecified atom stereocenters. The summed E-state index contributed by atoms with van der Waals surface area (Å²) in [5, 5.41) is 0. The first-order chi connectivity index (χ1) is 11.7. The van der Waals surface area contributed by atoms with E-state index in [9.17, 15) is 4.79 Å². The van der Waals surface area contributed by atoms with E-state index in [0.717, 1.165) is 12.8 Å². The molecular weight excluding hydrogens is 296 g/mol. The van der Waals surface area contributed by atoms with E-state index in [-0.39, 0.29) is 5.91 Å². The lowest BCUT2D eigenvalue weighted by molar-refractivity contribution is -0.118. The van der Waals surface area contributed by atoms with Crippen LogP contribution in [-0.2, 0) is 4.79 Å². The van der Waals surface area contributed by atoms with Gasteiger partial charge in [0.2, 0.25) is 5.91 Å². The highest BCUT2D eigenvalue weighted by atomic mass is 16.1. The van der Waals surface area contributed by atoms with Crippen molar-refractivity contribution >= 4 is 5.91 Å². The molecule has 0 saturated heterocycles. The Labute approximate surface area is 151 Å². The summed E-state index contributed by atoms with van der Waals surface area (Å²) in [7, 11) is 0. The number of nitrogens with zero attached hydrogens (tertiary/aromatic N) is 1. The van der Waals surface area contributed by atoms with Gasteiger partial charge in [-0.25, -0.2) is 0 Å². The lowest BCUT2D eigenvalue weighted by Crippen LogP contribution is -2.23. The zero-order valence-electron chi connectivity index (χ0n) is 16.7. The Morgan fingerprint density at radius 3 is 1.29 bits per heavy atom. The van der Waals surface area contributed by atoms with Gasteiger partial charge in [0.25, 0.3) is 0 Å². The number of carbonyl (C=O) groups is 1. The van der Waals surface area contributed by atoms with Gasteiger partial charge in [-0.15, -0.1) is 0 Å². The molecule has 1 amide bonds. The first-order valence-electron chi connectivity index (χ1n) is 10.7. The molecule has 0 aromatic rings. The molecule has 0 aliphatic carbocycles. The fourth-order valence-electron chi connectivity index (χ4n) is 3.30. The summed E-state index contributed by atoms with van der Waals surface area (Å²) in [4.78, 5) is 13.1. The van der Waals surface area contributed by atoms with Crippen molar-refractivity contribution in [1.29, 1.82) is 0 Å². The van der Waals surface area contributed by atoms with Gasteiger partial charge in [0.05, 0.1) is 0 Å². The molecule has 144 valence electrons. The van der Waals surface area contributed by atoms with E-state index in [2.05, 4.69) is 18.7 Å². The molecule has 0 saturated carbocycles. The summed E-state index contributed by atoms with van der Waals surface area (Å²) in [5.41, 5.74) is 5.13. The molecule has 0 bridgehead atoms. The zero-order valence-corrected chi connectivity index (χ0v) is 16.7. The molecule has 0 fully saturated rings. The summed E-state index contributed by atoms with van der Waals surface area (Å²) in [6.45, 7) is 8.20. The van der Waals surface area contributed by atoms with Gasteiger partial charge in [-0.3, -0.25) is 4.79 Å². The van der Waals surface area contributed by atoms with Gasteiger partial charge in [-0.2, -0.15) is 0 Å². The highest BCUT2D eigenvalue weighted by Crippen LogP contribution is 2.13. The third kappa shape index (κ3) is 17.8. The second-order valence-corrected chi connectivity index (χ2v) is 7.19. The minimum Gasteiger partial charge on any atom is -0.370 e. The van der Waals surface area contributed by atoms with Crippen molar-refractivity contribution in [3.63, 3.8) is 0 Å². The smallest absolute Gasteiger partial charge is 0.217 e. The highest BCUT2D eigenvalue weighted by molar-refractivity contribution is 5.73. The molecule has 0 aromatic carbocycles. The Balaban J connectivity index is 3.06. The Bertz CT molecular complexity index is 265. The molecule has 24 heavy (non-hydrogen) atoms. The zero-order chi connectivity index (χ0) is 17.9. The van der Waals surface area contributed by atoms with Crippen LogP contribution in [0.5, 0.6) is 0 Å². The molecule has 3 nitrogen and oxygen atoms in total. The topological polar surface area (TPSA) is 46.3 Å². The third-order valence-corrected chi connectivity index (χ3v) is 5.04. The standard InChI is InChI=1S/C21H44N2O/c1-3-23(4-2)20-18-16-14-12-10-8-6-5-7-9-11-13-15-17-19-21(22)24/h3-20H2,1-2H3,(H2,22,24). The lowest BCUT2D eigenvalue weighted by Gasteiger charge is -2.17. The van der Waals surface area contributed by atoms with Crippen LogP contribution in [0.4, 0.5) is 0 Å². The molecule has 0 atom stereocenters. The SMILES string of the molecule is CCN(CC)CCCCCCCCCCCCCCCCC(N)=O. The second-order valence-electron chi connectivity index (χ2n) is 7.19. The van der Waals surface area contributed by atoms with E-state index in [1.807, 2.05) is 0 Å². The monoisotopic (exact) mass is 340 g/mol. The van der Waals surface area contributed by atoms with Gasteiger partial charge < -0.3 is 10.6 Å². The molecule has 0 rings (SSSR count). The molecule has 0 aliphatic rings. The predicted molar refractivity (Wildman–Crippen MR) is 106 cm³/mol. The van der Waals surface area contributed by atoms with Gasteiger partial charge in [0.1, 0.15) is 0 Å². The molecular formula is C21H44N2O. The average Bonchev–Trinajstić information content (AvgIpc) is 2.57. The van der Waals surface area contributed by atoms with E-state index < -0.39 is 0 Å². The summed E-state index contributed by atoms with van der Waals surface area (Å²) < 4.78 is 0. The van der Waals surface area contributed by atoms with E-state index in [0.29, 0.717) is 6.42 Å². The second kappa shape index (κ2) is 18.8. The summed E-state index contributed by atoms with van der Waals surface area (Å²) in [6, 6.07) is 0. The number of carbonyl (C=O) groups excluding carboxylic acids is 1. The lowest BCUT2D eigenvalue weighted by atomic mass is 10.0. The predicted octanol–water partition coefficient (Wildman–Crippen LogP) is 5.67. The van der Waals surface area contributed by atoms with E-state index >= 15 is 0 Å². The Morgan fingerprint density at radius 2 is 0.958 bits per heavy atom. The van der Waals surface area contributed by atoms with E-state index in [1.165, 1.54) is 96.7 Å². The van der Waals surface area contributed by atoms with Crippen LogP contribution in [0.1, 0.15) is 110 Å². The van der Waals surface area contributed by atoms with Gasteiger partial charge >= 0.3 is 0 Å². The summed E-state index contributed by atoms with van der Waals surface area (Å²) in [6.07, 6.45) is 19.4. The fourth-order valence-corrected chi connectivity index (χ4v) is 3.30. The van der Waals surface area contributed by atoms with Gasteiger partial charge in [0.15, 0.2) is 0 Å². The number of rotatable bonds is 19. The molecule has 2 N–H and O–H groups in total. The van der Waals surface area contributed by atoms with Crippen molar-refractivity contribution in [3.05, 3.63) is 0 Å². The maximum atomic E-state index is 10.6. The first-order valence-corrected chi connectivity index (χ1v) is 10.7. The van der Waals surface area contributed by atoms with Crippen LogP contribution in [0, 0.1) is 0 Å². The van der Waals surface area contributed by atoms with Gasteiger partial charge in [-0.1, -0.05) is 90.9 Å². The number of hydrogen-bond acceptors (Lipinski definition) is 2. The van der Waals surface area contributed by atoms with Crippen molar-refractivity contribution in [2.75, 3.05) is 19.6 Å². The van der Waals surface area contributed by atoms with Gasteiger partial charge in [-0.05, 0) is 32.5 Å². The van der Waals surface area contributed by atoms with E-state index in [1.54, 1.807) is 0 Å². The molecule has 0 radical (unpaired) electrons. The molecule has 0 heterocycles. The van der Waals surface area contributed by atoms with Crippen LogP contribution in [0.2, 0.25) is 0 Å². The van der Waals surface area contributed by atoms with Crippen molar-refractivity contribution in [2.24, 2.45) is 5.73 Å². The number of amides is 1. The van der Waals surface area contributed by atoms with Crippen LogP contribution in [0.3, 0.4) is 0 Å². The maximum absolute atomic E-state index is 10.6. The van der Waals surface area contributed by atoms with Crippen LogP contribution >= 0.6 is 0 Å². The maximum Gasteiger partial charge on any atom is 0.217 e.